The molecule has 6 heteroatoms. The van der Waals surface area contributed by atoms with Crippen molar-refractivity contribution >= 4 is 37.4 Å². The fraction of sp³-hybridized carbons (Fsp3) is 0.462. The number of hydrogen-bond acceptors (Lipinski definition) is 3. The minimum atomic E-state index is -2.85. The molecule has 1 aromatic carbocycles. The van der Waals surface area contributed by atoms with Crippen LogP contribution in [-0.4, -0.2) is 32.4 Å². The van der Waals surface area contributed by atoms with Crippen molar-refractivity contribution < 1.29 is 13.2 Å². The van der Waals surface area contributed by atoms with Gasteiger partial charge in [-0.05, 0) is 39.9 Å². The van der Waals surface area contributed by atoms with Gasteiger partial charge < -0.3 is 4.90 Å². The Morgan fingerprint density at radius 3 is 2.79 bits per heavy atom. The summed E-state index contributed by atoms with van der Waals surface area (Å²) in [7, 11) is -2.85. The molecule has 0 aromatic heterocycles. The zero-order valence-electron chi connectivity index (χ0n) is 10.3. The first-order chi connectivity index (χ1) is 8.96. The average molecular weight is 344 g/mol. The number of anilines is 1. The summed E-state index contributed by atoms with van der Waals surface area (Å²) in [6.07, 6.45) is 1.20. The third-order valence-electron chi connectivity index (χ3n) is 3.69. The van der Waals surface area contributed by atoms with Crippen LogP contribution in [0.4, 0.5) is 5.69 Å². The molecular formula is C13H14BrNO3S. The van der Waals surface area contributed by atoms with E-state index < -0.39 is 9.84 Å². The number of para-hydroxylation sites is 1. The van der Waals surface area contributed by atoms with E-state index in [4.69, 9.17) is 0 Å². The molecule has 2 aliphatic heterocycles. The second-order valence-electron chi connectivity index (χ2n) is 5.19. The van der Waals surface area contributed by atoms with Gasteiger partial charge in [-0.2, -0.15) is 0 Å². The van der Waals surface area contributed by atoms with Gasteiger partial charge in [-0.25, -0.2) is 8.42 Å². The molecule has 0 bridgehead atoms. The van der Waals surface area contributed by atoms with Crippen LogP contribution in [0.15, 0.2) is 22.7 Å². The van der Waals surface area contributed by atoms with Crippen LogP contribution >= 0.6 is 15.9 Å². The van der Waals surface area contributed by atoms with Gasteiger partial charge >= 0.3 is 0 Å². The highest BCUT2D eigenvalue weighted by atomic mass is 79.9. The molecule has 3 rings (SSSR count). The number of halogens is 1. The third kappa shape index (κ3) is 2.43. The van der Waals surface area contributed by atoms with Crippen molar-refractivity contribution in [1.29, 1.82) is 0 Å². The van der Waals surface area contributed by atoms with Crippen LogP contribution < -0.4 is 4.90 Å². The number of carbonyl (C=O) groups is 1. The van der Waals surface area contributed by atoms with E-state index in [1.165, 1.54) is 5.56 Å². The molecule has 0 radical (unpaired) electrons. The van der Waals surface area contributed by atoms with Crippen LogP contribution in [0.25, 0.3) is 0 Å². The molecule has 0 aliphatic carbocycles. The molecule has 1 fully saturated rings. The maximum absolute atomic E-state index is 12.3. The quantitative estimate of drug-likeness (QED) is 0.822. The standard InChI is InChI=1S/C13H14BrNO3S/c14-11-3-1-2-10-4-5-15(13(10)11)12(16)6-9-7-19(17,18)8-9/h1-3,9H,4-8H2. The van der Waals surface area contributed by atoms with Crippen LogP contribution in [0.1, 0.15) is 12.0 Å². The Balaban J connectivity index is 1.74. The van der Waals surface area contributed by atoms with Gasteiger partial charge in [0.05, 0.1) is 17.2 Å². The molecule has 2 aliphatic rings. The largest absolute Gasteiger partial charge is 0.311 e. The second-order valence-corrected chi connectivity index (χ2v) is 8.20. The lowest BCUT2D eigenvalue weighted by Crippen LogP contribution is -2.41. The van der Waals surface area contributed by atoms with Gasteiger partial charge in [-0.1, -0.05) is 12.1 Å². The predicted molar refractivity (Wildman–Crippen MR) is 77.0 cm³/mol. The van der Waals surface area contributed by atoms with Crippen molar-refractivity contribution in [3.8, 4) is 0 Å². The summed E-state index contributed by atoms with van der Waals surface area (Å²) in [6.45, 7) is 0.691. The van der Waals surface area contributed by atoms with Crippen molar-refractivity contribution in [2.75, 3.05) is 23.0 Å². The zero-order chi connectivity index (χ0) is 13.6. The zero-order valence-corrected chi connectivity index (χ0v) is 12.7. The molecule has 2 heterocycles. The first-order valence-electron chi connectivity index (χ1n) is 6.24. The van der Waals surface area contributed by atoms with E-state index in [0.717, 1.165) is 16.6 Å². The number of fused-ring (bicyclic) bond motifs is 1. The summed E-state index contributed by atoms with van der Waals surface area (Å²) >= 11 is 3.48. The summed E-state index contributed by atoms with van der Waals surface area (Å²) < 4.78 is 23.2. The molecule has 4 nitrogen and oxygen atoms in total. The number of benzene rings is 1. The first-order valence-corrected chi connectivity index (χ1v) is 8.86. The number of hydrogen-bond donors (Lipinski definition) is 0. The van der Waals surface area contributed by atoms with Gasteiger partial charge in [0.25, 0.3) is 0 Å². The Morgan fingerprint density at radius 2 is 2.11 bits per heavy atom. The molecule has 1 aromatic rings. The van der Waals surface area contributed by atoms with Crippen LogP contribution in [0.5, 0.6) is 0 Å². The molecule has 19 heavy (non-hydrogen) atoms. The van der Waals surface area contributed by atoms with Gasteiger partial charge in [0.15, 0.2) is 9.84 Å². The molecule has 0 atom stereocenters. The Labute approximate surface area is 120 Å². The van der Waals surface area contributed by atoms with E-state index in [0.29, 0.717) is 13.0 Å². The van der Waals surface area contributed by atoms with Gasteiger partial charge in [-0.3, -0.25) is 4.79 Å². The smallest absolute Gasteiger partial charge is 0.227 e. The number of nitrogens with zero attached hydrogens (tertiary/aromatic N) is 1. The monoisotopic (exact) mass is 343 g/mol. The summed E-state index contributed by atoms with van der Waals surface area (Å²) in [5.41, 5.74) is 2.12. The van der Waals surface area contributed by atoms with Gasteiger partial charge in [-0.15, -0.1) is 0 Å². The molecule has 0 saturated carbocycles. The van der Waals surface area contributed by atoms with E-state index in [1.54, 1.807) is 4.90 Å². The fourth-order valence-electron chi connectivity index (χ4n) is 2.80. The summed E-state index contributed by atoms with van der Waals surface area (Å²) in [6, 6.07) is 5.93. The van der Waals surface area contributed by atoms with Gasteiger partial charge in [0, 0.05) is 17.4 Å². The minimum absolute atomic E-state index is 0.00374. The van der Waals surface area contributed by atoms with E-state index in [-0.39, 0.29) is 23.3 Å². The second kappa shape index (κ2) is 4.59. The molecule has 1 amide bonds. The number of rotatable bonds is 2. The van der Waals surface area contributed by atoms with Crippen LogP contribution in [-0.2, 0) is 21.1 Å². The van der Waals surface area contributed by atoms with E-state index in [9.17, 15) is 13.2 Å². The first kappa shape index (κ1) is 13.1. The van der Waals surface area contributed by atoms with Crippen LogP contribution in [0.2, 0.25) is 0 Å². The number of sulfone groups is 1. The Bertz CT molecular complexity index is 629. The van der Waals surface area contributed by atoms with Crippen molar-refractivity contribution in [3.05, 3.63) is 28.2 Å². The normalized spacial score (nSPS) is 21.0. The maximum atomic E-state index is 12.3. The Kier molecular flexibility index (Phi) is 3.17. The molecule has 102 valence electrons. The van der Waals surface area contributed by atoms with E-state index in [1.807, 2.05) is 18.2 Å². The Hall–Kier alpha value is -0.880. The summed E-state index contributed by atoms with van der Waals surface area (Å²) in [5.74, 6) is 0.361. The summed E-state index contributed by atoms with van der Waals surface area (Å²) in [4.78, 5) is 14.1. The van der Waals surface area contributed by atoms with E-state index in [2.05, 4.69) is 15.9 Å². The van der Waals surface area contributed by atoms with Crippen molar-refractivity contribution in [2.24, 2.45) is 5.92 Å². The number of carbonyl (C=O) groups excluding carboxylic acids is 1. The molecule has 1 saturated heterocycles. The highest BCUT2D eigenvalue weighted by Gasteiger charge is 2.37. The maximum Gasteiger partial charge on any atom is 0.227 e. The highest BCUT2D eigenvalue weighted by Crippen LogP contribution is 2.36. The van der Waals surface area contributed by atoms with E-state index >= 15 is 0 Å². The lowest BCUT2D eigenvalue weighted by molar-refractivity contribution is -0.119. The summed E-state index contributed by atoms with van der Waals surface area (Å²) in [5, 5.41) is 0. The van der Waals surface area contributed by atoms with Crippen LogP contribution in [0, 0.1) is 5.92 Å². The van der Waals surface area contributed by atoms with Crippen LogP contribution in [0.3, 0.4) is 0 Å². The predicted octanol–water partition coefficient (Wildman–Crippen LogP) is 1.77. The molecule has 0 unspecified atom stereocenters. The van der Waals surface area contributed by atoms with Crippen molar-refractivity contribution in [3.63, 3.8) is 0 Å². The van der Waals surface area contributed by atoms with Gasteiger partial charge in [0.1, 0.15) is 0 Å². The van der Waals surface area contributed by atoms with Crippen molar-refractivity contribution in [1.82, 2.24) is 0 Å². The third-order valence-corrected chi connectivity index (χ3v) is 6.29. The van der Waals surface area contributed by atoms with Crippen molar-refractivity contribution in [2.45, 2.75) is 12.8 Å². The topological polar surface area (TPSA) is 54.5 Å². The fourth-order valence-corrected chi connectivity index (χ4v) is 5.00. The highest BCUT2D eigenvalue weighted by molar-refractivity contribution is 9.10. The minimum Gasteiger partial charge on any atom is -0.311 e. The Morgan fingerprint density at radius 1 is 1.37 bits per heavy atom. The average Bonchev–Trinajstić information content (AvgIpc) is 2.71. The molecular weight excluding hydrogens is 330 g/mol. The molecule has 0 spiro atoms. The lowest BCUT2D eigenvalue weighted by Gasteiger charge is -2.27. The number of amides is 1. The van der Waals surface area contributed by atoms with Gasteiger partial charge in [0.2, 0.25) is 5.91 Å². The SMILES string of the molecule is O=C(CC1CS(=O)(=O)C1)N1CCc2cccc(Br)c21. The molecule has 0 N–H and O–H groups in total. The lowest BCUT2D eigenvalue weighted by atomic mass is 10.1.